The number of para-hydroxylation sites is 2. The molecule has 0 aliphatic carbocycles. The first-order valence-corrected chi connectivity index (χ1v) is 11.1. The molecular weight excluding hydrogens is 396 g/mol. The highest BCUT2D eigenvalue weighted by Gasteiger charge is 2.14. The quantitative estimate of drug-likeness (QED) is 0.429. The maximum absolute atomic E-state index is 13.1. The Morgan fingerprint density at radius 3 is 2.50 bits per heavy atom. The molecule has 0 spiro atoms. The molecule has 2 aromatic carbocycles. The Balaban J connectivity index is 1.81. The fourth-order valence-corrected chi connectivity index (χ4v) is 4.19. The molecule has 158 valence electrons. The minimum atomic E-state index is -0.107. The van der Waals surface area contributed by atoms with Gasteiger partial charge >= 0.3 is 0 Å². The van der Waals surface area contributed by atoms with Gasteiger partial charge in [-0.05, 0) is 37.1 Å². The predicted molar refractivity (Wildman–Crippen MR) is 124 cm³/mol. The van der Waals surface area contributed by atoms with E-state index in [1.165, 1.54) is 16.7 Å². The summed E-state index contributed by atoms with van der Waals surface area (Å²) in [6, 6.07) is 13.3. The zero-order chi connectivity index (χ0) is 21.7. The van der Waals surface area contributed by atoms with E-state index < -0.39 is 0 Å². The summed E-state index contributed by atoms with van der Waals surface area (Å²) in [4.78, 5) is 31.7. The summed E-state index contributed by atoms with van der Waals surface area (Å²) in [5, 5.41) is 4.20. The van der Waals surface area contributed by atoms with E-state index in [9.17, 15) is 9.59 Å². The van der Waals surface area contributed by atoms with Crippen molar-refractivity contribution in [3.8, 4) is 0 Å². The maximum Gasteiger partial charge on any atom is 0.262 e. The van der Waals surface area contributed by atoms with E-state index in [4.69, 9.17) is 0 Å². The second-order valence-corrected chi connectivity index (χ2v) is 8.73. The number of carbonyl (C=O) groups excluding carboxylic acids is 1. The summed E-state index contributed by atoms with van der Waals surface area (Å²) in [6.07, 6.45) is 0.865. The molecule has 0 aliphatic heterocycles. The van der Waals surface area contributed by atoms with Crippen LogP contribution in [0.3, 0.4) is 0 Å². The van der Waals surface area contributed by atoms with E-state index in [1.54, 1.807) is 10.6 Å². The van der Waals surface area contributed by atoms with Gasteiger partial charge in [0.05, 0.1) is 37.3 Å². The Hall–Kier alpha value is -2.64. The molecule has 3 aromatic rings. The van der Waals surface area contributed by atoms with Gasteiger partial charge in [-0.25, -0.2) is 4.98 Å². The molecule has 1 amide bonds. The van der Waals surface area contributed by atoms with Gasteiger partial charge in [-0.2, -0.15) is 0 Å². The first-order valence-electron chi connectivity index (χ1n) is 10.1. The lowest BCUT2D eigenvalue weighted by Gasteiger charge is -2.14. The number of fused-ring (bicyclic) bond motifs is 1. The molecule has 0 aliphatic rings. The van der Waals surface area contributed by atoms with Crippen LogP contribution in [0.15, 0.2) is 52.4 Å². The van der Waals surface area contributed by atoms with E-state index in [0.29, 0.717) is 22.6 Å². The summed E-state index contributed by atoms with van der Waals surface area (Å²) < 4.78 is 1.71. The molecule has 30 heavy (non-hydrogen) atoms. The summed E-state index contributed by atoms with van der Waals surface area (Å²) >= 11 is 1.31. The Kier molecular flexibility index (Phi) is 7.29. The van der Waals surface area contributed by atoms with Gasteiger partial charge in [-0.3, -0.25) is 14.2 Å². The molecule has 3 rings (SSSR count). The van der Waals surface area contributed by atoms with Crippen molar-refractivity contribution < 1.29 is 9.69 Å². The lowest BCUT2D eigenvalue weighted by atomic mass is 10.1. The summed E-state index contributed by atoms with van der Waals surface area (Å²) in [5.74, 6) is 0.0846. The molecule has 7 heteroatoms. The van der Waals surface area contributed by atoms with E-state index in [0.717, 1.165) is 29.8 Å². The van der Waals surface area contributed by atoms with Crippen molar-refractivity contribution in [1.82, 2.24) is 9.55 Å². The summed E-state index contributed by atoms with van der Waals surface area (Å²) in [6.45, 7) is 5.50. The van der Waals surface area contributed by atoms with Gasteiger partial charge in [0.15, 0.2) is 5.16 Å². The fraction of sp³-hybridized carbons (Fsp3) is 0.348. The number of aryl methyl sites for hydroxylation is 2. The Bertz CT molecular complexity index is 1090. The van der Waals surface area contributed by atoms with Crippen molar-refractivity contribution in [2.75, 3.05) is 31.7 Å². The molecule has 1 aromatic heterocycles. The number of anilines is 1. The van der Waals surface area contributed by atoms with Crippen LogP contribution >= 0.6 is 11.8 Å². The van der Waals surface area contributed by atoms with Gasteiger partial charge < -0.3 is 10.2 Å². The van der Waals surface area contributed by atoms with Gasteiger partial charge in [0.1, 0.15) is 0 Å². The molecule has 0 radical (unpaired) electrons. The van der Waals surface area contributed by atoms with E-state index in [-0.39, 0.29) is 17.2 Å². The van der Waals surface area contributed by atoms with Crippen molar-refractivity contribution in [2.24, 2.45) is 0 Å². The highest BCUT2D eigenvalue weighted by molar-refractivity contribution is 7.99. The third-order valence-electron chi connectivity index (χ3n) is 4.96. The molecule has 0 bridgehead atoms. The molecule has 0 atom stereocenters. The third kappa shape index (κ3) is 5.29. The fourth-order valence-electron chi connectivity index (χ4n) is 3.36. The number of quaternary nitrogens is 1. The summed E-state index contributed by atoms with van der Waals surface area (Å²) in [5.41, 5.74) is 3.52. The van der Waals surface area contributed by atoms with Crippen LogP contribution < -0.4 is 15.8 Å². The number of carbonyl (C=O) groups is 1. The molecule has 0 fully saturated rings. The second-order valence-electron chi connectivity index (χ2n) is 7.78. The molecule has 0 saturated carbocycles. The van der Waals surface area contributed by atoms with Crippen molar-refractivity contribution in [2.45, 2.75) is 32.0 Å². The minimum absolute atomic E-state index is 0.0491. The number of amides is 1. The van der Waals surface area contributed by atoms with Crippen LogP contribution in [0.2, 0.25) is 0 Å². The molecule has 6 nitrogen and oxygen atoms in total. The predicted octanol–water partition coefficient (Wildman–Crippen LogP) is 2.28. The smallest absolute Gasteiger partial charge is 0.262 e. The average molecular weight is 426 g/mol. The Morgan fingerprint density at radius 2 is 1.80 bits per heavy atom. The lowest BCUT2D eigenvalue weighted by molar-refractivity contribution is -0.858. The van der Waals surface area contributed by atoms with E-state index >= 15 is 0 Å². The zero-order valence-electron chi connectivity index (χ0n) is 18.0. The monoisotopic (exact) mass is 425 g/mol. The molecule has 0 saturated heterocycles. The van der Waals surface area contributed by atoms with Gasteiger partial charge in [0.25, 0.3) is 5.56 Å². The number of rotatable bonds is 8. The number of benzene rings is 2. The minimum Gasteiger partial charge on any atom is -0.340 e. The van der Waals surface area contributed by atoms with Crippen LogP contribution in [0.1, 0.15) is 17.5 Å². The number of hydrogen-bond acceptors (Lipinski definition) is 4. The Labute approximate surface area is 181 Å². The largest absolute Gasteiger partial charge is 0.340 e. The standard InChI is InChI=1S/C23H28N4O2S/c1-16-9-7-10-17(2)21(16)25-20(28)15-30-23-24-19-12-6-5-11-18(19)22(29)27(23)14-8-13-26(3)4/h5-7,9-12H,8,13-15H2,1-4H3,(H,25,28)/p+1. The van der Waals surface area contributed by atoms with Crippen LogP contribution in [-0.2, 0) is 11.3 Å². The van der Waals surface area contributed by atoms with Crippen LogP contribution in [0.5, 0.6) is 0 Å². The van der Waals surface area contributed by atoms with E-state index in [1.807, 2.05) is 50.2 Å². The second kappa shape index (κ2) is 9.91. The SMILES string of the molecule is Cc1cccc(C)c1NC(=O)CSc1nc2ccccc2c(=O)n1CCC[NH+](C)C. The first kappa shape index (κ1) is 22.1. The average Bonchev–Trinajstić information content (AvgIpc) is 2.71. The van der Waals surface area contributed by atoms with E-state index in [2.05, 4.69) is 24.4 Å². The van der Waals surface area contributed by atoms with Crippen molar-refractivity contribution in [3.05, 3.63) is 63.9 Å². The third-order valence-corrected chi connectivity index (χ3v) is 5.94. The normalized spacial score (nSPS) is 11.2. The van der Waals surface area contributed by atoms with Gasteiger partial charge in [0.2, 0.25) is 5.91 Å². The Morgan fingerprint density at radius 1 is 1.10 bits per heavy atom. The number of aromatic nitrogens is 2. The molecular formula is C23H29N4O2S+. The maximum atomic E-state index is 13.1. The molecule has 2 N–H and O–H groups in total. The van der Waals surface area contributed by atoms with Crippen molar-refractivity contribution in [3.63, 3.8) is 0 Å². The van der Waals surface area contributed by atoms with Gasteiger partial charge in [-0.15, -0.1) is 0 Å². The van der Waals surface area contributed by atoms with Crippen LogP contribution in [0, 0.1) is 13.8 Å². The van der Waals surface area contributed by atoms with Crippen molar-refractivity contribution in [1.29, 1.82) is 0 Å². The zero-order valence-corrected chi connectivity index (χ0v) is 18.8. The lowest BCUT2D eigenvalue weighted by Crippen LogP contribution is -3.05. The molecule has 1 heterocycles. The highest BCUT2D eigenvalue weighted by Crippen LogP contribution is 2.22. The highest BCUT2D eigenvalue weighted by atomic mass is 32.2. The van der Waals surface area contributed by atoms with Crippen LogP contribution in [0.25, 0.3) is 10.9 Å². The number of nitrogens with zero attached hydrogens (tertiary/aromatic N) is 2. The van der Waals surface area contributed by atoms with Crippen LogP contribution in [-0.4, -0.2) is 41.9 Å². The topological polar surface area (TPSA) is 68.4 Å². The molecule has 0 unspecified atom stereocenters. The van der Waals surface area contributed by atoms with Gasteiger partial charge in [0, 0.05) is 18.7 Å². The van der Waals surface area contributed by atoms with Crippen LogP contribution in [0.4, 0.5) is 5.69 Å². The number of hydrogen-bond donors (Lipinski definition) is 2. The first-order chi connectivity index (χ1) is 14.4. The summed E-state index contributed by atoms with van der Waals surface area (Å²) in [7, 11) is 4.18. The number of thioether (sulfide) groups is 1. The number of nitrogens with one attached hydrogen (secondary N) is 2. The van der Waals surface area contributed by atoms with Gasteiger partial charge in [-0.1, -0.05) is 42.1 Å². The van der Waals surface area contributed by atoms with Crippen molar-refractivity contribution >= 4 is 34.3 Å².